The molecule has 6 heteroatoms. The zero-order valence-corrected chi connectivity index (χ0v) is 13.0. The highest BCUT2D eigenvalue weighted by atomic mass is 33.1. The molecule has 0 spiro atoms. The Morgan fingerprint density at radius 1 is 1.26 bits per heavy atom. The molecule has 0 aliphatic heterocycles. The first-order chi connectivity index (χ1) is 9.09. The highest BCUT2D eigenvalue weighted by Crippen LogP contribution is 2.28. The van der Waals surface area contributed by atoms with Gasteiger partial charge in [-0.2, -0.15) is 0 Å². The lowest BCUT2D eigenvalue weighted by atomic mass is 9.82. The van der Waals surface area contributed by atoms with Crippen molar-refractivity contribution in [2.75, 3.05) is 18.1 Å². The van der Waals surface area contributed by atoms with E-state index < -0.39 is 5.97 Å². The highest BCUT2D eigenvalue weighted by Gasteiger charge is 2.24. The summed E-state index contributed by atoms with van der Waals surface area (Å²) in [4.78, 5) is 22.2. The van der Waals surface area contributed by atoms with Gasteiger partial charge in [0.1, 0.15) is 0 Å². The Hall–Kier alpha value is -0.360. The molecule has 0 aromatic heterocycles. The van der Waals surface area contributed by atoms with Crippen LogP contribution >= 0.6 is 21.6 Å². The number of hydrogen-bond acceptors (Lipinski definition) is 4. The van der Waals surface area contributed by atoms with Gasteiger partial charge in [-0.25, -0.2) is 0 Å². The Kier molecular flexibility index (Phi) is 8.37. The molecule has 0 heterocycles. The van der Waals surface area contributed by atoms with Crippen molar-refractivity contribution in [1.82, 2.24) is 5.32 Å². The minimum absolute atomic E-state index is 0.197. The fraction of sp³-hybridized carbons (Fsp3) is 0.846. The molecule has 1 aliphatic carbocycles. The van der Waals surface area contributed by atoms with Gasteiger partial charge in [-0.1, -0.05) is 41.4 Å². The van der Waals surface area contributed by atoms with Crippen molar-refractivity contribution in [3.8, 4) is 0 Å². The van der Waals surface area contributed by atoms with E-state index in [1.54, 1.807) is 21.6 Å². The van der Waals surface area contributed by atoms with E-state index >= 15 is 0 Å². The lowest BCUT2D eigenvalue weighted by molar-refractivity contribution is -0.136. The van der Waals surface area contributed by atoms with Gasteiger partial charge in [-0.3, -0.25) is 9.59 Å². The van der Waals surface area contributed by atoms with Crippen LogP contribution in [0.2, 0.25) is 0 Å². The number of carbonyl (C=O) groups is 2. The third-order valence-electron chi connectivity index (χ3n) is 3.27. The van der Waals surface area contributed by atoms with E-state index in [9.17, 15) is 9.59 Å². The molecule has 1 saturated carbocycles. The summed E-state index contributed by atoms with van der Waals surface area (Å²) < 4.78 is 0. The van der Waals surface area contributed by atoms with E-state index in [0.29, 0.717) is 18.2 Å². The molecule has 1 rings (SSSR count). The number of carboxylic acid groups (broad SMARTS) is 1. The van der Waals surface area contributed by atoms with Crippen molar-refractivity contribution in [3.05, 3.63) is 0 Å². The standard InChI is InChI=1S/C13H23NO3S2/c1-10-3-2-4-11(9-10)13(17)14-6-8-19-18-7-5-12(15)16/h10-11H,2-9H2,1H3,(H,14,17)(H,15,16). The van der Waals surface area contributed by atoms with E-state index in [1.807, 2.05) is 0 Å². The first kappa shape index (κ1) is 16.7. The normalized spacial score (nSPS) is 23.0. The molecule has 2 N–H and O–H groups in total. The molecular weight excluding hydrogens is 282 g/mol. The Morgan fingerprint density at radius 3 is 2.68 bits per heavy atom. The van der Waals surface area contributed by atoms with E-state index in [4.69, 9.17) is 5.11 Å². The SMILES string of the molecule is CC1CCCC(C(=O)NCCSSCCC(=O)O)C1. The average Bonchev–Trinajstić information content (AvgIpc) is 2.37. The molecule has 2 unspecified atom stereocenters. The van der Waals surface area contributed by atoms with Crippen LogP contribution in [0.1, 0.15) is 39.0 Å². The largest absolute Gasteiger partial charge is 0.481 e. The topological polar surface area (TPSA) is 66.4 Å². The van der Waals surface area contributed by atoms with Crippen LogP contribution in [0.4, 0.5) is 0 Å². The van der Waals surface area contributed by atoms with Crippen molar-refractivity contribution in [2.45, 2.75) is 39.0 Å². The van der Waals surface area contributed by atoms with E-state index in [2.05, 4.69) is 12.2 Å². The Bertz CT molecular complexity index is 300. The minimum atomic E-state index is -0.757. The third kappa shape index (κ3) is 7.72. The van der Waals surface area contributed by atoms with Crippen LogP contribution in [-0.2, 0) is 9.59 Å². The van der Waals surface area contributed by atoms with Crippen LogP contribution < -0.4 is 5.32 Å². The predicted molar refractivity (Wildman–Crippen MR) is 81.3 cm³/mol. The average molecular weight is 305 g/mol. The van der Waals surface area contributed by atoms with Gasteiger partial charge >= 0.3 is 5.97 Å². The molecule has 110 valence electrons. The van der Waals surface area contributed by atoms with Gasteiger partial charge in [0, 0.05) is 24.0 Å². The number of amides is 1. The number of rotatable bonds is 8. The molecule has 0 radical (unpaired) electrons. The number of carboxylic acids is 1. The molecule has 0 aromatic carbocycles. The molecule has 0 saturated heterocycles. The van der Waals surface area contributed by atoms with Crippen molar-refractivity contribution in [1.29, 1.82) is 0 Å². The van der Waals surface area contributed by atoms with Gasteiger partial charge < -0.3 is 10.4 Å². The number of aliphatic carboxylic acids is 1. The van der Waals surface area contributed by atoms with Crippen molar-refractivity contribution < 1.29 is 14.7 Å². The van der Waals surface area contributed by atoms with Crippen molar-refractivity contribution in [2.24, 2.45) is 11.8 Å². The fourth-order valence-corrected chi connectivity index (χ4v) is 4.17. The van der Waals surface area contributed by atoms with Gasteiger partial charge in [-0.05, 0) is 18.8 Å². The van der Waals surface area contributed by atoms with Crippen molar-refractivity contribution >= 4 is 33.5 Å². The Balaban J connectivity index is 1.99. The zero-order valence-electron chi connectivity index (χ0n) is 11.4. The second kappa shape index (κ2) is 9.53. The van der Waals surface area contributed by atoms with Crippen LogP contribution in [0.25, 0.3) is 0 Å². The fourth-order valence-electron chi connectivity index (χ4n) is 2.28. The molecule has 0 bridgehead atoms. The van der Waals surface area contributed by atoms with Crippen LogP contribution in [0.5, 0.6) is 0 Å². The van der Waals surface area contributed by atoms with Crippen LogP contribution in [-0.4, -0.2) is 35.0 Å². The summed E-state index contributed by atoms with van der Waals surface area (Å²) in [5.74, 6) is 1.77. The Morgan fingerprint density at radius 2 is 2.00 bits per heavy atom. The highest BCUT2D eigenvalue weighted by molar-refractivity contribution is 8.76. The van der Waals surface area contributed by atoms with E-state index in [-0.39, 0.29) is 18.2 Å². The van der Waals surface area contributed by atoms with Gasteiger partial charge in [0.25, 0.3) is 0 Å². The smallest absolute Gasteiger partial charge is 0.304 e. The summed E-state index contributed by atoms with van der Waals surface area (Å²) in [7, 11) is 3.18. The maximum Gasteiger partial charge on any atom is 0.304 e. The Labute approximate surface area is 122 Å². The number of hydrogen-bond donors (Lipinski definition) is 2. The second-order valence-corrected chi connectivity index (χ2v) is 7.75. The van der Waals surface area contributed by atoms with Crippen LogP contribution in [0.3, 0.4) is 0 Å². The number of carbonyl (C=O) groups excluding carboxylic acids is 1. The molecule has 2 atom stereocenters. The maximum atomic E-state index is 11.9. The van der Waals surface area contributed by atoms with Crippen molar-refractivity contribution in [3.63, 3.8) is 0 Å². The van der Waals surface area contributed by atoms with E-state index in [0.717, 1.165) is 18.6 Å². The monoisotopic (exact) mass is 305 g/mol. The lowest BCUT2D eigenvalue weighted by Crippen LogP contribution is -2.34. The molecule has 4 nitrogen and oxygen atoms in total. The van der Waals surface area contributed by atoms with Gasteiger partial charge in [0.05, 0.1) is 6.42 Å². The quantitative estimate of drug-likeness (QED) is 0.533. The van der Waals surface area contributed by atoms with E-state index in [1.165, 1.54) is 12.8 Å². The lowest BCUT2D eigenvalue weighted by Gasteiger charge is -2.25. The zero-order chi connectivity index (χ0) is 14.1. The van der Waals surface area contributed by atoms with Gasteiger partial charge in [-0.15, -0.1) is 0 Å². The summed E-state index contributed by atoms with van der Waals surface area (Å²) in [6.07, 6.45) is 4.66. The number of nitrogens with one attached hydrogen (secondary N) is 1. The molecule has 1 amide bonds. The molecule has 1 aliphatic rings. The van der Waals surface area contributed by atoms with Gasteiger partial charge in [0.15, 0.2) is 0 Å². The molecule has 19 heavy (non-hydrogen) atoms. The predicted octanol–water partition coefficient (Wildman–Crippen LogP) is 2.79. The third-order valence-corrected chi connectivity index (χ3v) is 5.68. The first-order valence-corrected chi connectivity index (χ1v) is 9.32. The van der Waals surface area contributed by atoms with Gasteiger partial charge in [0.2, 0.25) is 5.91 Å². The summed E-state index contributed by atoms with van der Waals surface area (Å²) in [6, 6.07) is 0. The minimum Gasteiger partial charge on any atom is -0.481 e. The second-order valence-electron chi connectivity index (χ2n) is 5.05. The summed E-state index contributed by atoms with van der Waals surface area (Å²) in [5, 5.41) is 11.5. The molecule has 1 fully saturated rings. The van der Waals surface area contributed by atoms with Crippen LogP contribution in [0.15, 0.2) is 0 Å². The summed E-state index contributed by atoms with van der Waals surface area (Å²) >= 11 is 0. The summed E-state index contributed by atoms with van der Waals surface area (Å²) in [5.41, 5.74) is 0. The molecular formula is C13H23NO3S2. The maximum absolute atomic E-state index is 11.9. The first-order valence-electron chi connectivity index (χ1n) is 6.83. The summed E-state index contributed by atoms with van der Waals surface area (Å²) in [6.45, 7) is 2.89. The molecule has 0 aromatic rings. The van der Waals surface area contributed by atoms with Crippen LogP contribution in [0, 0.1) is 11.8 Å².